The number of nitrogens with zero attached hydrogens (tertiary/aromatic N) is 1. The number of ketones is 1. The lowest BCUT2D eigenvalue weighted by molar-refractivity contribution is 0.0512. The van der Waals surface area contributed by atoms with Gasteiger partial charge in [0.15, 0.2) is 5.78 Å². The minimum Gasteiger partial charge on any atom is -0.461 e. The summed E-state index contributed by atoms with van der Waals surface area (Å²) in [5.74, 6) is -1.67. The topological polar surface area (TPSA) is 69.4 Å². The van der Waals surface area contributed by atoms with Crippen LogP contribution in [0.2, 0.25) is 0 Å². The van der Waals surface area contributed by atoms with Gasteiger partial charge >= 0.3 is 5.97 Å². The molecular formula is C13H10FNO4. The molecule has 5 nitrogen and oxygen atoms in total. The molecule has 1 aromatic carbocycles. The average molecular weight is 263 g/mol. The van der Waals surface area contributed by atoms with Gasteiger partial charge in [0, 0.05) is 5.56 Å². The summed E-state index contributed by atoms with van der Waals surface area (Å²) in [6.07, 6.45) is 1.07. The summed E-state index contributed by atoms with van der Waals surface area (Å²) in [5, 5.41) is 3.45. The second-order valence-electron chi connectivity index (χ2n) is 3.63. The van der Waals surface area contributed by atoms with E-state index in [0.29, 0.717) is 0 Å². The highest BCUT2D eigenvalue weighted by molar-refractivity contribution is 6.13. The van der Waals surface area contributed by atoms with Crippen LogP contribution in [0.15, 0.2) is 35.1 Å². The van der Waals surface area contributed by atoms with Crippen molar-refractivity contribution in [1.29, 1.82) is 0 Å². The Labute approximate surface area is 108 Å². The minimum atomic E-state index is -0.735. The lowest BCUT2D eigenvalue weighted by atomic mass is 10.0. The molecule has 0 bridgehead atoms. The monoisotopic (exact) mass is 263 g/mol. The molecule has 0 aliphatic rings. The predicted octanol–water partition coefficient (Wildman–Crippen LogP) is 2.22. The SMILES string of the molecule is CCOC(=O)c1nocc1C(=O)c1ccc(F)cc1. The van der Waals surface area contributed by atoms with Crippen molar-refractivity contribution in [3.05, 3.63) is 53.2 Å². The molecule has 2 rings (SSSR count). The summed E-state index contributed by atoms with van der Waals surface area (Å²) >= 11 is 0. The van der Waals surface area contributed by atoms with Crippen LogP contribution in [0.4, 0.5) is 4.39 Å². The van der Waals surface area contributed by atoms with Crippen LogP contribution in [0, 0.1) is 5.82 Å². The van der Waals surface area contributed by atoms with Gasteiger partial charge in [-0.3, -0.25) is 4.79 Å². The fraction of sp³-hybridized carbons (Fsp3) is 0.154. The first-order valence-corrected chi connectivity index (χ1v) is 5.55. The second kappa shape index (κ2) is 5.43. The van der Waals surface area contributed by atoms with Crippen LogP contribution in [-0.4, -0.2) is 23.5 Å². The van der Waals surface area contributed by atoms with Gasteiger partial charge in [0.05, 0.1) is 12.2 Å². The molecule has 0 radical (unpaired) electrons. The highest BCUT2D eigenvalue weighted by Crippen LogP contribution is 2.15. The molecule has 0 saturated heterocycles. The van der Waals surface area contributed by atoms with Crippen LogP contribution in [0.25, 0.3) is 0 Å². The molecule has 2 aromatic rings. The van der Waals surface area contributed by atoms with E-state index >= 15 is 0 Å². The van der Waals surface area contributed by atoms with Gasteiger partial charge in [0.1, 0.15) is 12.1 Å². The molecule has 1 aromatic heterocycles. The smallest absolute Gasteiger partial charge is 0.361 e. The van der Waals surface area contributed by atoms with Crippen molar-refractivity contribution >= 4 is 11.8 Å². The molecule has 6 heteroatoms. The van der Waals surface area contributed by atoms with Crippen molar-refractivity contribution in [2.24, 2.45) is 0 Å². The van der Waals surface area contributed by atoms with Crippen LogP contribution in [0.1, 0.15) is 33.3 Å². The molecule has 19 heavy (non-hydrogen) atoms. The van der Waals surface area contributed by atoms with Crippen molar-refractivity contribution < 1.29 is 23.2 Å². The Morgan fingerprint density at radius 1 is 1.32 bits per heavy atom. The first-order valence-electron chi connectivity index (χ1n) is 5.55. The number of esters is 1. The van der Waals surface area contributed by atoms with Crippen molar-refractivity contribution in [1.82, 2.24) is 5.16 Å². The molecular weight excluding hydrogens is 253 g/mol. The fourth-order valence-electron chi connectivity index (χ4n) is 1.50. The summed E-state index contributed by atoms with van der Waals surface area (Å²) in [6, 6.07) is 4.95. The van der Waals surface area contributed by atoms with Crippen molar-refractivity contribution in [3.63, 3.8) is 0 Å². The quantitative estimate of drug-likeness (QED) is 0.625. The van der Waals surface area contributed by atoms with E-state index in [1.807, 2.05) is 0 Å². The van der Waals surface area contributed by atoms with Crippen LogP contribution < -0.4 is 0 Å². The highest BCUT2D eigenvalue weighted by atomic mass is 19.1. The lowest BCUT2D eigenvalue weighted by Crippen LogP contribution is -2.11. The van der Waals surface area contributed by atoms with Crippen molar-refractivity contribution in [2.75, 3.05) is 6.61 Å². The molecule has 0 N–H and O–H groups in total. The van der Waals surface area contributed by atoms with E-state index in [0.717, 1.165) is 18.4 Å². The van der Waals surface area contributed by atoms with Crippen LogP contribution in [0.3, 0.4) is 0 Å². The van der Waals surface area contributed by atoms with E-state index in [9.17, 15) is 14.0 Å². The Hall–Kier alpha value is -2.50. The van der Waals surface area contributed by atoms with Gasteiger partial charge in [0.25, 0.3) is 0 Å². The van der Waals surface area contributed by atoms with Crippen LogP contribution >= 0.6 is 0 Å². The summed E-state index contributed by atoms with van der Waals surface area (Å²) in [6.45, 7) is 1.80. The Morgan fingerprint density at radius 3 is 2.63 bits per heavy atom. The number of hydrogen-bond acceptors (Lipinski definition) is 5. The molecule has 0 unspecified atom stereocenters. The first-order chi connectivity index (χ1) is 9.13. The molecule has 1 heterocycles. The maximum absolute atomic E-state index is 12.8. The van der Waals surface area contributed by atoms with E-state index < -0.39 is 17.6 Å². The molecule has 98 valence electrons. The number of rotatable bonds is 4. The second-order valence-corrected chi connectivity index (χ2v) is 3.63. The van der Waals surface area contributed by atoms with Crippen LogP contribution in [0.5, 0.6) is 0 Å². The first kappa shape index (κ1) is 12.9. The summed E-state index contributed by atoms with van der Waals surface area (Å²) in [5.41, 5.74) is 0.0383. The number of hydrogen-bond donors (Lipinski definition) is 0. The lowest BCUT2D eigenvalue weighted by Gasteiger charge is -2.01. The zero-order valence-corrected chi connectivity index (χ0v) is 10.1. The third-order valence-corrected chi connectivity index (χ3v) is 2.39. The summed E-state index contributed by atoms with van der Waals surface area (Å²) in [7, 11) is 0. The van der Waals surface area contributed by atoms with Gasteiger partial charge < -0.3 is 9.26 Å². The largest absolute Gasteiger partial charge is 0.461 e. The third-order valence-electron chi connectivity index (χ3n) is 2.39. The summed E-state index contributed by atoms with van der Waals surface area (Å²) in [4.78, 5) is 23.7. The molecule has 0 fully saturated rings. The number of carbonyl (C=O) groups is 2. The number of carbonyl (C=O) groups excluding carboxylic acids is 2. The maximum atomic E-state index is 12.8. The molecule has 0 aliphatic heterocycles. The average Bonchev–Trinajstić information content (AvgIpc) is 2.88. The Bertz CT molecular complexity index is 603. The van der Waals surface area contributed by atoms with Gasteiger partial charge in [0.2, 0.25) is 5.69 Å². The maximum Gasteiger partial charge on any atom is 0.361 e. The third kappa shape index (κ3) is 2.67. The zero-order valence-electron chi connectivity index (χ0n) is 10.1. The minimum absolute atomic E-state index is 0.00921. The Kier molecular flexibility index (Phi) is 3.70. The number of benzene rings is 1. The van der Waals surface area contributed by atoms with Crippen molar-refractivity contribution in [3.8, 4) is 0 Å². The zero-order chi connectivity index (χ0) is 13.8. The van der Waals surface area contributed by atoms with Crippen LogP contribution in [-0.2, 0) is 4.74 Å². The molecule has 0 aliphatic carbocycles. The predicted molar refractivity (Wildman–Crippen MR) is 62.3 cm³/mol. The van der Waals surface area contributed by atoms with Gasteiger partial charge in [-0.2, -0.15) is 0 Å². The Balaban J connectivity index is 2.32. The molecule has 0 atom stereocenters. The van der Waals surface area contributed by atoms with E-state index in [4.69, 9.17) is 4.74 Å². The molecule has 0 amide bonds. The van der Waals surface area contributed by atoms with E-state index in [-0.39, 0.29) is 23.4 Å². The van der Waals surface area contributed by atoms with E-state index in [2.05, 4.69) is 9.68 Å². The van der Waals surface area contributed by atoms with E-state index in [1.54, 1.807) is 6.92 Å². The van der Waals surface area contributed by atoms with Crippen molar-refractivity contribution in [2.45, 2.75) is 6.92 Å². The van der Waals surface area contributed by atoms with E-state index in [1.165, 1.54) is 12.1 Å². The standard InChI is InChI=1S/C13H10FNO4/c1-2-18-13(17)11-10(7-19-15-11)12(16)8-3-5-9(14)6-4-8/h3-7H,2H2,1H3. The fourth-order valence-corrected chi connectivity index (χ4v) is 1.50. The Morgan fingerprint density at radius 2 is 2.00 bits per heavy atom. The van der Waals surface area contributed by atoms with Gasteiger partial charge in [-0.1, -0.05) is 5.16 Å². The molecule has 0 spiro atoms. The van der Waals surface area contributed by atoms with Gasteiger partial charge in [-0.05, 0) is 31.2 Å². The van der Waals surface area contributed by atoms with Gasteiger partial charge in [-0.15, -0.1) is 0 Å². The highest BCUT2D eigenvalue weighted by Gasteiger charge is 2.23. The normalized spacial score (nSPS) is 10.2. The van der Waals surface area contributed by atoms with Gasteiger partial charge in [-0.25, -0.2) is 9.18 Å². The number of halogens is 1. The number of aromatic nitrogens is 1. The number of ether oxygens (including phenoxy) is 1. The molecule has 0 saturated carbocycles. The summed E-state index contributed by atoms with van der Waals surface area (Å²) < 4.78 is 22.2.